The van der Waals surface area contributed by atoms with E-state index >= 15 is 0 Å². The van der Waals surface area contributed by atoms with Crippen molar-refractivity contribution < 1.29 is 0 Å². The van der Waals surface area contributed by atoms with Crippen molar-refractivity contribution in [2.75, 3.05) is 19.6 Å². The smallest absolute Gasteiger partial charge is 0.0607 e. The standard InChI is InChI=1S/C22H30N4/c23-12-3-4-14-26(16-20-19-10-2-1-7-18(19)15-25-20)21-11-5-8-17-9-6-13-24-22(17)21/h1-2,6-7,9-10,13,20-21,25H,3-5,8,11-12,14-16,23H2/t20-,21-/m0/s1. The summed E-state index contributed by atoms with van der Waals surface area (Å²) in [5, 5.41) is 3.72. The van der Waals surface area contributed by atoms with Crippen LogP contribution in [0, 0.1) is 0 Å². The summed E-state index contributed by atoms with van der Waals surface area (Å²) in [6.45, 7) is 3.90. The minimum Gasteiger partial charge on any atom is -0.330 e. The number of nitrogens with zero attached hydrogens (tertiary/aromatic N) is 2. The van der Waals surface area contributed by atoms with E-state index in [1.807, 2.05) is 6.20 Å². The molecule has 3 N–H and O–H groups in total. The highest BCUT2D eigenvalue weighted by atomic mass is 15.2. The van der Waals surface area contributed by atoms with Crippen molar-refractivity contribution in [3.63, 3.8) is 0 Å². The van der Waals surface area contributed by atoms with Crippen LogP contribution in [0.5, 0.6) is 0 Å². The number of nitrogens with one attached hydrogen (secondary N) is 1. The zero-order valence-corrected chi connectivity index (χ0v) is 15.5. The molecule has 2 aliphatic rings. The number of unbranched alkanes of at least 4 members (excludes halogenated alkanes) is 1. The highest BCUT2D eigenvalue weighted by Gasteiger charge is 2.30. The number of pyridine rings is 1. The third kappa shape index (κ3) is 3.68. The summed E-state index contributed by atoms with van der Waals surface area (Å²) in [5.74, 6) is 0. The molecular formula is C22H30N4. The Labute approximate surface area is 156 Å². The van der Waals surface area contributed by atoms with Crippen molar-refractivity contribution in [1.82, 2.24) is 15.2 Å². The van der Waals surface area contributed by atoms with Crippen LogP contribution in [0.3, 0.4) is 0 Å². The summed E-state index contributed by atoms with van der Waals surface area (Å²) >= 11 is 0. The lowest BCUT2D eigenvalue weighted by Gasteiger charge is -2.36. The largest absolute Gasteiger partial charge is 0.330 e. The molecule has 138 valence electrons. The fourth-order valence-electron chi connectivity index (χ4n) is 4.55. The number of aryl methyl sites for hydroxylation is 1. The molecular weight excluding hydrogens is 320 g/mol. The van der Waals surface area contributed by atoms with E-state index < -0.39 is 0 Å². The first-order chi connectivity index (χ1) is 12.9. The summed E-state index contributed by atoms with van der Waals surface area (Å²) in [6.07, 6.45) is 7.84. The Kier molecular flexibility index (Phi) is 5.63. The zero-order valence-electron chi connectivity index (χ0n) is 15.5. The Morgan fingerprint density at radius 2 is 2.00 bits per heavy atom. The van der Waals surface area contributed by atoms with Gasteiger partial charge in [-0.15, -0.1) is 0 Å². The molecule has 0 radical (unpaired) electrons. The second-order valence-electron chi connectivity index (χ2n) is 7.58. The minimum atomic E-state index is 0.415. The van der Waals surface area contributed by atoms with Gasteiger partial charge in [0.2, 0.25) is 0 Å². The Bertz CT molecular complexity index is 730. The van der Waals surface area contributed by atoms with Gasteiger partial charge in [0.05, 0.1) is 11.7 Å². The van der Waals surface area contributed by atoms with Gasteiger partial charge in [-0.1, -0.05) is 30.3 Å². The van der Waals surface area contributed by atoms with Crippen molar-refractivity contribution >= 4 is 0 Å². The second-order valence-corrected chi connectivity index (χ2v) is 7.58. The molecule has 0 fully saturated rings. The molecule has 0 amide bonds. The molecule has 26 heavy (non-hydrogen) atoms. The van der Waals surface area contributed by atoms with Gasteiger partial charge in [0.15, 0.2) is 0 Å². The molecule has 0 saturated carbocycles. The normalized spacial score (nSPS) is 21.6. The lowest BCUT2D eigenvalue weighted by Crippen LogP contribution is -2.38. The summed E-state index contributed by atoms with van der Waals surface area (Å²) in [4.78, 5) is 7.45. The van der Waals surface area contributed by atoms with Crippen LogP contribution in [0.2, 0.25) is 0 Å². The second kappa shape index (κ2) is 8.30. The van der Waals surface area contributed by atoms with Crippen LogP contribution in [-0.4, -0.2) is 29.5 Å². The van der Waals surface area contributed by atoms with E-state index in [9.17, 15) is 0 Å². The van der Waals surface area contributed by atoms with E-state index in [-0.39, 0.29) is 0 Å². The van der Waals surface area contributed by atoms with Gasteiger partial charge in [-0.3, -0.25) is 9.88 Å². The third-order valence-electron chi connectivity index (χ3n) is 5.89. The predicted molar refractivity (Wildman–Crippen MR) is 106 cm³/mol. The molecule has 0 unspecified atom stereocenters. The first-order valence-electron chi connectivity index (χ1n) is 10.1. The molecule has 0 saturated heterocycles. The van der Waals surface area contributed by atoms with Crippen LogP contribution < -0.4 is 11.1 Å². The summed E-state index contributed by atoms with van der Waals surface area (Å²) in [5.41, 5.74) is 11.4. The zero-order chi connectivity index (χ0) is 17.8. The fourth-order valence-corrected chi connectivity index (χ4v) is 4.55. The maximum absolute atomic E-state index is 5.75. The van der Waals surface area contributed by atoms with Gasteiger partial charge in [0.25, 0.3) is 0 Å². The first kappa shape index (κ1) is 17.7. The average Bonchev–Trinajstić information content (AvgIpc) is 3.10. The van der Waals surface area contributed by atoms with Crippen molar-refractivity contribution in [1.29, 1.82) is 0 Å². The van der Waals surface area contributed by atoms with Gasteiger partial charge in [0.1, 0.15) is 0 Å². The van der Waals surface area contributed by atoms with E-state index in [2.05, 4.69) is 46.6 Å². The number of rotatable bonds is 7. The minimum absolute atomic E-state index is 0.415. The van der Waals surface area contributed by atoms with Gasteiger partial charge in [0, 0.05) is 25.3 Å². The number of hydrogen-bond donors (Lipinski definition) is 2. The fraction of sp³-hybridized carbons (Fsp3) is 0.500. The Morgan fingerprint density at radius 1 is 1.12 bits per heavy atom. The third-order valence-corrected chi connectivity index (χ3v) is 5.89. The molecule has 2 heterocycles. The maximum atomic E-state index is 5.75. The van der Waals surface area contributed by atoms with Crippen LogP contribution in [0.15, 0.2) is 42.6 Å². The van der Waals surface area contributed by atoms with Gasteiger partial charge < -0.3 is 11.1 Å². The quantitative estimate of drug-likeness (QED) is 0.752. The molecule has 4 rings (SSSR count). The monoisotopic (exact) mass is 350 g/mol. The Balaban J connectivity index is 1.56. The molecule has 2 aromatic rings. The Hall–Kier alpha value is -1.75. The van der Waals surface area contributed by atoms with Crippen molar-refractivity contribution in [3.05, 3.63) is 65.0 Å². The van der Waals surface area contributed by atoms with Crippen LogP contribution in [0.1, 0.15) is 60.2 Å². The van der Waals surface area contributed by atoms with E-state index in [0.717, 1.165) is 39.0 Å². The highest BCUT2D eigenvalue weighted by Crippen LogP contribution is 2.35. The van der Waals surface area contributed by atoms with Gasteiger partial charge in [-0.25, -0.2) is 0 Å². The van der Waals surface area contributed by atoms with Crippen molar-refractivity contribution in [2.24, 2.45) is 5.73 Å². The molecule has 1 aromatic carbocycles. The lowest BCUT2D eigenvalue weighted by molar-refractivity contribution is 0.156. The van der Waals surface area contributed by atoms with Gasteiger partial charge in [-0.2, -0.15) is 0 Å². The molecule has 1 aromatic heterocycles. The van der Waals surface area contributed by atoms with Crippen molar-refractivity contribution in [2.45, 2.75) is 50.7 Å². The molecule has 4 nitrogen and oxygen atoms in total. The van der Waals surface area contributed by atoms with E-state index in [4.69, 9.17) is 10.7 Å². The molecule has 2 atom stereocenters. The Morgan fingerprint density at radius 3 is 2.92 bits per heavy atom. The molecule has 0 bridgehead atoms. The molecule has 1 aliphatic carbocycles. The van der Waals surface area contributed by atoms with Crippen LogP contribution >= 0.6 is 0 Å². The summed E-state index contributed by atoms with van der Waals surface area (Å²) in [6, 6.07) is 14.0. The van der Waals surface area contributed by atoms with E-state index in [0.29, 0.717) is 12.1 Å². The number of fused-ring (bicyclic) bond motifs is 2. The average molecular weight is 351 g/mol. The molecule has 4 heteroatoms. The summed E-state index contributed by atoms with van der Waals surface area (Å²) < 4.78 is 0. The van der Waals surface area contributed by atoms with E-state index in [1.165, 1.54) is 41.6 Å². The summed E-state index contributed by atoms with van der Waals surface area (Å²) in [7, 11) is 0. The number of hydrogen-bond acceptors (Lipinski definition) is 4. The molecule has 1 aliphatic heterocycles. The van der Waals surface area contributed by atoms with Gasteiger partial charge in [-0.05, 0) is 68.0 Å². The van der Waals surface area contributed by atoms with Crippen LogP contribution in [0.4, 0.5) is 0 Å². The highest BCUT2D eigenvalue weighted by molar-refractivity contribution is 5.34. The van der Waals surface area contributed by atoms with Crippen LogP contribution in [0.25, 0.3) is 0 Å². The predicted octanol–water partition coefficient (Wildman–Crippen LogP) is 3.34. The number of benzene rings is 1. The number of nitrogens with two attached hydrogens (primary N) is 1. The number of aromatic nitrogens is 1. The molecule has 0 spiro atoms. The van der Waals surface area contributed by atoms with E-state index in [1.54, 1.807) is 0 Å². The topological polar surface area (TPSA) is 54.2 Å². The lowest BCUT2D eigenvalue weighted by atomic mass is 9.90. The SMILES string of the molecule is NCCCCN(C[C@@H]1NCc2ccccc21)[C@H]1CCCc2cccnc21. The van der Waals surface area contributed by atoms with Gasteiger partial charge >= 0.3 is 0 Å². The first-order valence-corrected chi connectivity index (χ1v) is 10.1. The van der Waals surface area contributed by atoms with Crippen LogP contribution in [-0.2, 0) is 13.0 Å². The van der Waals surface area contributed by atoms with Crippen molar-refractivity contribution in [3.8, 4) is 0 Å². The maximum Gasteiger partial charge on any atom is 0.0607 e.